The molecule has 1 aliphatic rings. The van der Waals surface area contributed by atoms with E-state index in [1.165, 1.54) is 0 Å². The number of hydrogen-bond acceptors (Lipinski definition) is 5. The smallest absolute Gasteiger partial charge is 0.265 e. The van der Waals surface area contributed by atoms with Crippen molar-refractivity contribution in [1.82, 2.24) is 24.2 Å². The molecule has 0 unspecified atom stereocenters. The third-order valence-electron chi connectivity index (χ3n) is 4.93. The van der Waals surface area contributed by atoms with Gasteiger partial charge < -0.3 is 9.30 Å². The zero-order valence-electron chi connectivity index (χ0n) is 15.3. The minimum Gasteiger partial charge on any atom is -0.379 e. The van der Waals surface area contributed by atoms with Gasteiger partial charge in [-0.2, -0.15) is 5.10 Å². The molecule has 1 fully saturated rings. The van der Waals surface area contributed by atoms with Gasteiger partial charge in [0.05, 0.1) is 41.6 Å². The lowest BCUT2D eigenvalue weighted by Gasteiger charge is -2.26. The van der Waals surface area contributed by atoms with Gasteiger partial charge in [0.1, 0.15) is 0 Å². The number of rotatable bonds is 5. The lowest BCUT2D eigenvalue weighted by Crippen LogP contribution is -2.38. The molecule has 1 aliphatic heterocycles. The molecule has 0 bridgehead atoms. The molecule has 0 amide bonds. The Balaban J connectivity index is 1.58. The summed E-state index contributed by atoms with van der Waals surface area (Å²) >= 11 is 3.34. The van der Waals surface area contributed by atoms with Crippen molar-refractivity contribution in [1.29, 1.82) is 0 Å². The van der Waals surface area contributed by atoms with Crippen LogP contribution in [0.15, 0.2) is 40.0 Å². The van der Waals surface area contributed by atoms with Crippen LogP contribution in [0.3, 0.4) is 0 Å². The van der Waals surface area contributed by atoms with E-state index in [4.69, 9.17) is 4.74 Å². The van der Waals surface area contributed by atoms with Crippen molar-refractivity contribution < 1.29 is 4.74 Å². The fraction of sp³-hybridized carbons (Fsp3) is 0.421. The summed E-state index contributed by atoms with van der Waals surface area (Å²) in [6.07, 6.45) is 5.66. The van der Waals surface area contributed by atoms with Crippen LogP contribution in [0.2, 0.25) is 0 Å². The molecule has 27 heavy (non-hydrogen) atoms. The normalized spacial score (nSPS) is 15.5. The molecule has 3 aromatic rings. The van der Waals surface area contributed by atoms with Gasteiger partial charge in [-0.1, -0.05) is 0 Å². The lowest BCUT2D eigenvalue weighted by atomic mass is 10.2. The third-order valence-corrected chi connectivity index (χ3v) is 5.50. The number of aromatic nitrogens is 4. The maximum Gasteiger partial charge on any atom is 0.265 e. The van der Waals surface area contributed by atoms with E-state index in [1.54, 1.807) is 4.57 Å². The summed E-state index contributed by atoms with van der Waals surface area (Å²) in [4.78, 5) is 19.3. The molecule has 1 saturated heterocycles. The maximum absolute atomic E-state index is 12.4. The SMILES string of the molecule is CCn1c(=O)c(Br)cc2cnc(-c3cnn(CCN4CCOCC4)c3)cc21. The number of nitrogens with zero attached hydrogens (tertiary/aromatic N) is 5. The molecule has 0 radical (unpaired) electrons. The Morgan fingerprint density at radius 2 is 2.00 bits per heavy atom. The van der Waals surface area contributed by atoms with Gasteiger partial charge in [-0.15, -0.1) is 0 Å². The van der Waals surface area contributed by atoms with E-state index in [2.05, 4.69) is 30.9 Å². The number of pyridine rings is 2. The lowest BCUT2D eigenvalue weighted by molar-refractivity contribution is 0.0360. The van der Waals surface area contributed by atoms with Gasteiger partial charge in [-0.25, -0.2) is 0 Å². The van der Waals surface area contributed by atoms with Crippen LogP contribution < -0.4 is 5.56 Å². The number of hydrogen-bond donors (Lipinski definition) is 0. The molecule has 3 aromatic heterocycles. The van der Waals surface area contributed by atoms with Gasteiger partial charge in [-0.05, 0) is 35.0 Å². The summed E-state index contributed by atoms with van der Waals surface area (Å²) in [5, 5.41) is 5.41. The third kappa shape index (κ3) is 3.83. The molecule has 7 nitrogen and oxygen atoms in total. The quantitative estimate of drug-likeness (QED) is 0.620. The highest BCUT2D eigenvalue weighted by molar-refractivity contribution is 9.10. The van der Waals surface area contributed by atoms with Gasteiger partial charge in [0.15, 0.2) is 0 Å². The highest BCUT2D eigenvalue weighted by Crippen LogP contribution is 2.22. The van der Waals surface area contributed by atoms with Gasteiger partial charge >= 0.3 is 0 Å². The van der Waals surface area contributed by atoms with Crippen LogP contribution in [0.25, 0.3) is 22.2 Å². The van der Waals surface area contributed by atoms with Gasteiger partial charge in [0.2, 0.25) is 0 Å². The van der Waals surface area contributed by atoms with Crippen LogP contribution in [0.4, 0.5) is 0 Å². The van der Waals surface area contributed by atoms with Crippen LogP contribution in [0, 0.1) is 0 Å². The van der Waals surface area contributed by atoms with Crippen LogP contribution in [-0.2, 0) is 17.8 Å². The highest BCUT2D eigenvalue weighted by atomic mass is 79.9. The van der Waals surface area contributed by atoms with E-state index in [0.717, 1.165) is 61.6 Å². The van der Waals surface area contributed by atoms with E-state index < -0.39 is 0 Å². The first-order valence-corrected chi connectivity index (χ1v) is 9.97. The topological polar surface area (TPSA) is 65.2 Å². The Labute approximate surface area is 165 Å². The van der Waals surface area contributed by atoms with Crippen LogP contribution in [0.5, 0.6) is 0 Å². The maximum atomic E-state index is 12.4. The fourth-order valence-electron chi connectivity index (χ4n) is 3.40. The Kier molecular flexibility index (Phi) is 5.38. The first-order chi connectivity index (χ1) is 13.2. The predicted octanol–water partition coefficient (Wildman–Crippen LogP) is 2.37. The predicted molar refractivity (Wildman–Crippen MR) is 108 cm³/mol. The molecule has 142 valence electrons. The van der Waals surface area contributed by atoms with Crippen molar-refractivity contribution in [2.24, 2.45) is 0 Å². The molecule has 0 atom stereocenters. The fourth-order valence-corrected chi connectivity index (χ4v) is 3.86. The molecule has 0 aromatic carbocycles. The standard InChI is InChI=1S/C19H22BrN5O2/c1-2-25-18-10-17(21-11-14(18)9-16(20)19(25)26)15-12-22-24(13-15)4-3-23-5-7-27-8-6-23/h9-13H,2-8H2,1H3. The summed E-state index contributed by atoms with van der Waals surface area (Å²) in [7, 11) is 0. The Morgan fingerprint density at radius 3 is 2.78 bits per heavy atom. The number of morpholine rings is 1. The largest absolute Gasteiger partial charge is 0.379 e. The van der Waals surface area contributed by atoms with Crippen molar-refractivity contribution in [3.63, 3.8) is 0 Å². The summed E-state index contributed by atoms with van der Waals surface area (Å²) in [5.74, 6) is 0. The van der Waals surface area contributed by atoms with Crippen molar-refractivity contribution in [3.05, 3.63) is 45.5 Å². The number of fused-ring (bicyclic) bond motifs is 1. The molecular weight excluding hydrogens is 410 g/mol. The molecule has 8 heteroatoms. The summed E-state index contributed by atoms with van der Waals surface area (Å²) in [6, 6.07) is 3.79. The minimum absolute atomic E-state index is 0.0247. The van der Waals surface area contributed by atoms with Gasteiger partial charge in [-0.3, -0.25) is 19.4 Å². The van der Waals surface area contributed by atoms with Gasteiger partial charge in [0, 0.05) is 49.5 Å². The Hall–Kier alpha value is -2.03. The Morgan fingerprint density at radius 1 is 1.19 bits per heavy atom. The first-order valence-electron chi connectivity index (χ1n) is 9.17. The van der Waals surface area contributed by atoms with Crippen molar-refractivity contribution in [2.45, 2.75) is 20.0 Å². The molecule has 0 N–H and O–H groups in total. The van der Waals surface area contributed by atoms with E-state index in [1.807, 2.05) is 42.3 Å². The monoisotopic (exact) mass is 431 g/mol. The molecule has 0 spiro atoms. The van der Waals surface area contributed by atoms with E-state index in [9.17, 15) is 4.79 Å². The highest BCUT2D eigenvalue weighted by Gasteiger charge is 2.12. The molecule has 0 aliphatic carbocycles. The zero-order chi connectivity index (χ0) is 18.8. The van der Waals surface area contributed by atoms with Crippen molar-refractivity contribution >= 4 is 26.8 Å². The van der Waals surface area contributed by atoms with Crippen LogP contribution in [-0.4, -0.2) is 57.1 Å². The average molecular weight is 432 g/mol. The number of aryl methyl sites for hydroxylation is 1. The molecule has 0 saturated carbocycles. The van der Waals surface area contributed by atoms with Crippen LogP contribution in [0.1, 0.15) is 6.92 Å². The zero-order valence-corrected chi connectivity index (χ0v) is 16.9. The van der Waals surface area contributed by atoms with E-state index in [-0.39, 0.29) is 5.56 Å². The summed E-state index contributed by atoms with van der Waals surface area (Å²) in [6.45, 7) is 7.93. The van der Waals surface area contributed by atoms with Crippen LogP contribution >= 0.6 is 15.9 Å². The second-order valence-electron chi connectivity index (χ2n) is 6.62. The minimum atomic E-state index is -0.0247. The molecular formula is C19H22BrN5O2. The second kappa shape index (κ2) is 7.92. The van der Waals surface area contributed by atoms with E-state index >= 15 is 0 Å². The molecule has 4 heterocycles. The van der Waals surface area contributed by atoms with Crippen molar-refractivity contribution in [2.75, 3.05) is 32.8 Å². The van der Waals surface area contributed by atoms with Crippen molar-refractivity contribution in [3.8, 4) is 11.3 Å². The second-order valence-corrected chi connectivity index (χ2v) is 7.47. The molecule has 4 rings (SSSR count). The first kappa shape index (κ1) is 18.3. The number of halogens is 1. The summed E-state index contributed by atoms with van der Waals surface area (Å²) in [5.41, 5.74) is 2.64. The van der Waals surface area contributed by atoms with E-state index in [0.29, 0.717) is 11.0 Å². The number of ether oxygens (including phenoxy) is 1. The van der Waals surface area contributed by atoms with Gasteiger partial charge in [0.25, 0.3) is 5.56 Å². The summed E-state index contributed by atoms with van der Waals surface area (Å²) < 4.78 is 9.65. The average Bonchev–Trinajstić information content (AvgIpc) is 3.17. The Bertz CT molecular complexity index is 1010.